The Kier molecular flexibility index (Phi) is 6.86. The number of ether oxygens (including phenoxy) is 3. The Balaban J connectivity index is 3.17. The lowest BCUT2D eigenvalue weighted by molar-refractivity contribution is -0.305. The highest BCUT2D eigenvalue weighted by atomic mass is 16.7. The van der Waals surface area contributed by atoms with Gasteiger partial charge in [0.1, 0.15) is 18.3 Å². The molecule has 10 nitrogen and oxygen atoms in total. The van der Waals surface area contributed by atoms with E-state index in [1.165, 1.54) is 6.92 Å². The van der Waals surface area contributed by atoms with Gasteiger partial charge in [-0.3, -0.25) is 4.79 Å². The molecule has 6 atom stereocenters. The third-order valence-electron chi connectivity index (χ3n) is 3.69. The zero-order valence-corrected chi connectivity index (χ0v) is 13.1. The molecular formula is C13H23NO9. The topological polar surface area (TPSA) is 155 Å². The van der Waals surface area contributed by atoms with E-state index >= 15 is 0 Å². The summed E-state index contributed by atoms with van der Waals surface area (Å²) < 4.78 is 15.1. The van der Waals surface area contributed by atoms with E-state index in [-0.39, 0.29) is 6.42 Å². The Bertz CT molecular complexity index is 432. The van der Waals surface area contributed by atoms with Gasteiger partial charge in [-0.2, -0.15) is 0 Å². The molecule has 0 aromatic rings. The molecule has 0 bridgehead atoms. The molecule has 0 spiro atoms. The summed E-state index contributed by atoms with van der Waals surface area (Å²) in [4.78, 5) is 23.2. The summed E-state index contributed by atoms with van der Waals surface area (Å²) in [7, 11) is 2.24. The van der Waals surface area contributed by atoms with E-state index in [9.17, 15) is 24.9 Å². The number of carbonyl (C=O) groups is 2. The lowest BCUT2D eigenvalue weighted by Crippen LogP contribution is -2.67. The number of methoxy groups -OCH3 is 2. The smallest absolute Gasteiger partial charge is 0.366 e. The Morgan fingerprint density at radius 1 is 1.39 bits per heavy atom. The summed E-state index contributed by atoms with van der Waals surface area (Å²) in [6.45, 7) is 0.402. The van der Waals surface area contributed by atoms with E-state index in [1.807, 2.05) is 0 Å². The van der Waals surface area contributed by atoms with Crippen molar-refractivity contribution in [2.24, 2.45) is 0 Å². The van der Waals surface area contributed by atoms with E-state index in [2.05, 4.69) is 10.1 Å². The van der Waals surface area contributed by atoms with Gasteiger partial charge in [-0.05, 0) is 0 Å². The number of nitrogens with one attached hydrogen (secondary N) is 1. The molecule has 5 N–H and O–H groups in total. The maximum absolute atomic E-state index is 11.9. The molecule has 10 heteroatoms. The predicted molar refractivity (Wildman–Crippen MR) is 74.0 cm³/mol. The summed E-state index contributed by atoms with van der Waals surface area (Å²) in [5.74, 6) is -3.48. The zero-order valence-electron chi connectivity index (χ0n) is 13.1. The van der Waals surface area contributed by atoms with Crippen LogP contribution in [-0.4, -0.2) is 89.4 Å². The highest BCUT2D eigenvalue weighted by Gasteiger charge is 2.55. The number of esters is 1. The average molecular weight is 337 g/mol. The second kappa shape index (κ2) is 7.99. The molecule has 1 fully saturated rings. The van der Waals surface area contributed by atoms with Crippen LogP contribution in [-0.2, 0) is 23.8 Å². The minimum atomic E-state index is -2.01. The average Bonchev–Trinajstić information content (AvgIpc) is 2.53. The minimum absolute atomic E-state index is 0.362. The molecule has 1 saturated heterocycles. The van der Waals surface area contributed by atoms with Gasteiger partial charge in [-0.25, -0.2) is 4.79 Å². The molecule has 1 rings (SSSR count). The summed E-state index contributed by atoms with van der Waals surface area (Å²) in [5.41, 5.74) is 0. The van der Waals surface area contributed by atoms with Crippen molar-refractivity contribution < 1.29 is 44.2 Å². The van der Waals surface area contributed by atoms with Gasteiger partial charge in [-0.15, -0.1) is 0 Å². The first kappa shape index (κ1) is 19.7. The highest BCUT2D eigenvalue weighted by molar-refractivity contribution is 5.78. The second-order valence-electron chi connectivity index (χ2n) is 5.27. The first-order chi connectivity index (χ1) is 10.7. The molecule has 134 valence electrons. The molecule has 0 aliphatic carbocycles. The Morgan fingerprint density at radius 3 is 2.43 bits per heavy atom. The van der Waals surface area contributed by atoms with Crippen LogP contribution in [0.15, 0.2) is 0 Å². The fourth-order valence-corrected chi connectivity index (χ4v) is 2.49. The van der Waals surface area contributed by atoms with E-state index in [4.69, 9.17) is 14.6 Å². The maximum atomic E-state index is 11.9. The first-order valence-electron chi connectivity index (χ1n) is 6.96. The van der Waals surface area contributed by atoms with Crippen molar-refractivity contribution in [3.63, 3.8) is 0 Å². The van der Waals surface area contributed by atoms with Crippen LogP contribution >= 0.6 is 0 Å². The molecule has 1 heterocycles. The molecule has 1 aliphatic heterocycles. The highest BCUT2D eigenvalue weighted by Crippen LogP contribution is 2.33. The van der Waals surface area contributed by atoms with Gasteiger partial charge in [0.05, 0.1) is 25.9 Å². The summed E-state index contributed by atoms with van der Waals surface area (Å²) in [5, 5.41) is 41.4. The molecule has 23 heavy (non-hydrogen) atoms. The van der Waals surface area contributed by atoms with Gasteiger partial charge >= 0.3 is 5.97 Å². The van der Waals surface area contributed by atoms with Crippen molar-refractivity contribution in [3.05, 3.63) is 0 Å². The van der Waals surface area contributed by atoms with Gasteiger partial charge in [0.25, 0.3) is 5.79 Å². The van der Waals surface area contributed by atoms with E-state index in [0.717, 1.165) is 14.2 Å². The monoisotopic (exact) mass is 337 g/mol. The molecule has 1 unspecified atom stereocenters. The molecular weight excluding hydrogens is 314 g/mol. The number of aliphatic hydroxyl groups excluding tert-OH is 4. The number of aliphatic hydroxyl groups is 4. The Hall–Kier alpha value is -1.30. The van der Waals surface area contributed by atoms with Crippen molar-refractivity contribution in [1.82, 2.24) is 5.32 Å². The molecule has 0 aromatic heterocycles. The first-order valence-corrected chi connectivity index (χ1v) is 6.96. The third-order valence-corrected chi connectivity index (χ3v) is 3.69. The van der Waals surface area contributed by atoms with Crippen molar-refractivity contribution in [3.8, 4) is 0 Å². The largest absolute Gasteiger partial charge is 0.465 e. The quantitative estimate of drug-likeness (QED) is 0.316. The van der Waals surface area contributed by atoms with Crippen LogP contribution in [0.4, 0.5) is 0 Å². The fourth-order valence-electron chi connectivity index (χ4n) is 2.49. The van der Waals surface area contributed by atoms with Gasteiger partial charge in [0.2, 0.25) is 5.91 Å². The molecule has 0 radical (unpaired) electrons. The number of carbonyl (C=O) groups excluding carboxylic acids is 2. The van der Waals surface area contributed by atoms with E-state index < -0.39 is 54.7 Å². The molecule has 1 aliphatic rings. The van der Waals surface area contributed by atoms with Gasteiger partial charge in [-0.1, -0.05) is 0 Å². The van der Waals surface area contributed by atoms with Crippen LogP contribution in [0.3, 0.4) is 0 Å². The Labute approximate surface area is 133 Å². The van der Waals surface area contributed by atoms with E-state index in [1.54, 1.807) is 0 Å². The number of rotatable bonds is 6. The van der Waals surface area contributed by atoms with Crippen LogP contribution in [0.5, 0.6) is 0 Å². The Morgan fingerprint density at radius 2 is 2.00 bits per heavy atom. The van der Waals surface area contributed by atoms with Crippen LogP contribution in [0.1, 0.15) is 13.3 Å². The van der Waals surface area contributed by atoms with Crippen LogP contribution in [0.25, 0.3) is 0 Å². The SMILES string of the molecule is COC(=O)[C@]1(OC)C[C@H](O)C(NC(C)=O)[C@H]([C@H](O)[C@H](O)CO)O1. The zero-order chi connectivity index (χ0) is 17.8. The van der Waals surface area contributed by atoms with Gasteiger partial charge < -0.3 is 40.0 Å². The minimum Gasteiger partial charge on any atom is -0.465 e. The fraction of sp³-hybridized carbons (Fsp3) is 0.846. The van der Waals surface area contributed by atoms with Gasteiger partial charge in [0, 0.05) is 20.5 Å². The van der Waals surface area contributed by atoms with Crippen LogP contribution < -0.4 is 5.32 Å². The molecule has 0 saturated carbocycles. The summed E-state index contributed by atoms with van der Waals surface area (Å²) >= 11 is 0. The summed E-state index contributed by atoms with van der Waals surface area (Å²) in [6, 6.07) is -1.13. The third kappa shape index (κ3) is 4.16. The normalized spacial score (nSPS) is 33.6. The summed E-state index contributed by atoms with van der Waals surface area (Å²) in [6.07, 6.45) is -6.44. The van der Waals surface area contributed by atoms with Crippen LogP contribution in [0.2, 0.25) is 0 Å². The number of amides is 1. The van der Waals surface area contributed by atoms with Gasteiger partial charge in [0.15, 0.2) is 0 Å². The molecule has 1 amide bonds. The predicted octanol–water partition coefficient (Wildman–Crippen LogP) is -3.13. The second-order valence-corrected chi connectivity index (χ2v) is 5.27. The number of hydrogen-bond acceptors (Lipinski definition) is 9. The van der Waals surface area contributed by atoms with Crippen molar-refractivity contribution in [2.45, 2.75) is 49.6 Å². The van der Waals surface area contributed by atoms with Crippen LogP contribution in [0, 0.1) is 0 Å². The molecule has 0 aromatic carbocycles. The van der Waals surface area contributed by atoms with Crippen molar-refractivity contribution in [2.75, 3.05) is 20.8 Å². The van der Waals surface area contributed by atoms with E-state index in [0.29, 0.717) is 0 Å². The standard InChI is InChI=1S/C13H23NO9/c1-6(16)14-9-7(17)4-13(22-3,12(20)21-2)23-11(9)10(19)8(18)5-15/h7-11,15,17-19H,4-5H2,1-3H3,(H,14,16)/t7-,8+,9?,10+,11+,13-/m0/s1. The van der Waals surface area contributed by atoms with Crippen molar-refractivity contribution in [1.29, 1.82) is 0 Å². The van der Waals surface area contributed by atoms with Crippen molar-refractivity contribution >= 4 is 11.9 Å². The lowest BCUT2D eigenvalue weighted by atomic mass is 9.88. The maximum Gasteiger partial charge on any atom is 0.366 e. The lowest BCUT2D eigenvalue weighted by Gasteiger charge is -2.46. The number of hydrogen-bond donors (Lipinski definition) is 5.